The lowest BCUT2D eigenvalue weighted by Crippen LogP contribution is -2.50. The molecule has 1 atom stereocenters. The number of amides is 2. The summed E-state index contributed by atoms with van der Waals surface area (Å²) < 4.78 is 26.2. The number of sulfonamides is 1. The van der Waals surface area contributed by atoms with E-state index in [0.29, 0.717) is 25.1 Å². The molecule has 0 spiro atoms. The predicted molar refractivity (Wildman–Crippen MR) is 142 cm³/mol. The van der Waals surface area contributed by atoms with Crippen LogP contribution in [-0.2, 0) is 26.2 Å². The van der Waals surface area contributed by atoms with Gasteiger partial charge in [0, 0.05) is 25.6 Å². The maximum Gasteiger partial charge on any atom is 0.243 e. The molecular weight excluding hydrogens is 462 g/mol. The van der Waals surface area contributed by atoms with Crippen molar-refractivity contribution in [1.82, 2.24) is 10.2 Å². The van der Waals surface area contributed by atoms with E-state index in [-0.39, 0.29) is 30.8 Å². The van der Waals surface area contributed by atoms with E-state index in [1.54, 1.807) is 17.0 Å². The van der Waals surface area contributed by atoms with Crippen LogP contribution in [0.5, 0.6) is 0 Å². The SMILES string of the molecule is CC[C@H](C(=O)NC(C)C)N(Cc1cccc(C)c1)C(=O)CCCN(c1ccc(C)cc1)S(C)(=O)=O. The van der Waals surface area contributed by atoms with Gasteiger partial charge in [0.2, 0.25) is 21.8 Å². The molecule has 0 unspecified atom stereocenters. The molecule has 0 aliphatic heterocycles. The van der Waals surface area contributed by atoms with Crippen molar-refractivity contribution in [2.45, 2.75) is 72.5 Å². The van der Waals surface area contributed by atoms with E-state index < -0.39 is 16.1 Å². The molecule has 192 valence electrons. The second kappa shape index (κ2) is 12.7. The maximum atomic E-state index is 13.4. The summed E-state index contributed by atoms with van der Waals surface area (Å²) in [6.45, 7) is 10.1. The number of benzene rings is 2. The average Bonchev–Trinajstić information content (AvgIpc) is 2.76. The Morgan fingerprint density at radius 3 is 2.20 bits per heavy atom. The summed E-state index contributed by atoms with van der Waals surface area (Å²) in [6.07, 6.45) is 2.12. The van der Waals surface area contributed by atoms with E-state index >= 15 is 0 Å². The Kier molecular flexibility index (Phi) is 10.3. The van der Waals surface area contributed by atoms with Crippen molar-refractivity contribution < 1.29 is 18.0 Å². The summed E-state index contributed by atoms with van der Waals surface area (Å²) >= 11 is 0. The van der Waals surface area contributed by atoms with Crippen LogP contribution < -0.4 is 9.62 Å². The first-order valence-corrected chi connectivity index (χ1v) is 14.0. The highest BCUT2D eigenvalue weighted by molar-refractivity contribution is 7.92. The molecule has 35 heavy (non-hydrogen) atoms. The minimum atomic E-state index is -3.51. The zero-order valence-corrected chi connectivity index (χ0v) is 22.6. The molecule has 0 saturated carbocycles. The van der Waals surface area contributed by atoms with Crippen LogP contribution in [0.15, 0.2) is 48.5 Å². The third kappa shape index (κ3) is 8.69. The lowest BCUT2D eigenvalue weighted by molar-refractivity contribution is -0.141. The smallest absolute Gasteiger partial charge is 0.243 e. The molecule has 0 aromatic heterocycles. The number of hydrogen-bond acceptors (Lipinski definition) is 4. The minimum Gasteiger partial charge on any atom is -0.352 e. The number of carbonyl (C=O) groups excluding carboxylic acids is 2. The molecule has 0 bridgehead atoms. The zero-order valence-electron chi connectivity index (χ0n) is 21.7. The van der Waals surface area contributed by atoms with Crippen LogP contribution in [0.4, 0.5) is 5.69 Å². The zero-order chi connectivity index (χ0) is 26.2. The van der Waals surface area contributed by atoms with E-state index in [9.17, 15) is 18.0 Å². The van der Waals surface area contributed by atoms with Gasteiger partial charge in [0.05, 0.1) is 11.9 Å². The Hall–Kier alpha value is -2.87. The summed E-state index contributed by atoms with van der Waals surface area (Å²) in [7, 11) is -3.51. The first-order valence-electron chi connectivity index (χ1n) is 12.1. The number of nitrogens with one attached hydrogen (secondary N) is 1. The van der Waals surface area contributed by atoms with Gasteiger partial charge in [0.15, 0.2) is 0 Å². The van der Waals surface area contributed by atoms with Crippen molar-refractivity contribution in [2.24, 2.45) is 0 Å². The van der Waals surface area contributed by atoms with Crippen molar-refractivity contribution in [1.29, 1.82) is 0 Å². The number of nitrogens with zero attached hydrogens (tertiary/aromatic N) is 2. The number of anilines is 1. The number of hydrogen-bond donors (Lipinski definition) is 1. The maximum absolute atomic E-state index is 13.4. The van der Waals surface area contributed by atoms with Gasteiger partial charge in [0.25, 0.3) is 0 Å². The van der Waals surface area contributed by atoms with Gasteiger partial charge in [-0.15, -0.1) is 0 Å². The Balaban J connectivity index is 2.21. The van der Waals surface area contributed by atoms with Gasteiger partial charge in [-0.2, -0.15) is 0 Å². The van der Waals surface area contributed by atoms with Crippen molar-refractivity contribution in [3.63, 3.8) is 0 Å². The topological polar surface area (TPSA) is 86.8 Å². The van der Waals surface area contributed by atoms with Crippen LogP contribution in [0.1, 0.15) is 56.7 Å². The monoisotopic (exact) mass is 501 g/mol. The second-order valence-electron chi connectivity index (χ2n) is 9.37. The van der Waals surface area contributed by atoms with E-state index in [2.05, 4.69) is 5.32 Å². The normalized spacial score (nSPS) is 12.3. The lowest BCUT2D eigenvalue weighted by atomic mass is 10.1. The number of aryl methyl sites for hydroxylation is 2. The lowest BCUT2D eigenvalue weighted by Gasteiger charge is -2.31. The van der Waals surface area contributed by atoms with Crippen LogP contribution in [0, 0.1) is 13.8 Å². The number of rotatable bonds is 12. The molecular formula is C27H39N3O4S. The third-order valence-electron chi connectivity index (χ3n) is 5.73. The summed E-state index contributed by atoms with van der Waals surface area (Å²) in [5.74, 6) is -0.351. The molecule has 7 nitrogen and oxygen atoms in total. The third-order valence-corrected chi connectivity index (χ3v) is 6.92. The molecule has 0 radical (unpaired) electrons. The molecule has 0 aliphatic rings. The predicted octanol–water partition coefficient (Wildman–Crippen LogP) is 4.18. The average molecular weight is 502 g/mol. The summed E-state index contributed by atoms with van der Waals surface area (Å²) in [5, 5.41) is 2.93. The largest absolute Gasteiger partial charge is 0.352 e. The van der Waals surface area contributed by atoms with Gasteiger partial charge in [0.1, 0.15) is 6.04 Å². The van der Waals surface area contributed by atoms with Gasteiger partial charge in [-0.3, -0.25) is 13.9 Å². The first-order chi connectivity index (χ1) is 16.4. The van der Waals surface area contributed by atoms with Crippen LogP contribution in [0.25, 0.3) is 0 Å². The highest BCUT2D eigenvalue weighted by Crippen LogP contribution is 2.20. The Morgan fingerprint density at radius 2 is 1.66 bits per heavy atom. The van der Waals surface area contributed by atoms with Gasteiger partial charge >= 0.3 is 0 Å². The van der Waals surface area contributed by atoms with Crippen LogP contribution in [0.2, 0.25) is 0 Å². The Morgan fingerprint density at radius 1 is 1.00 bits per heavy atom. The van der Waals surface area contributed by atoms with Gasteiger partial charge in [-0.1, -0.05) is 54.4 Å². The van der Waals surface area contributed by atoms with Crippen LogP contribution in [0.3, 0.4) is 0 Å². The summed E-state index contributed by atoms with van der Waals surface area (Å²) in [4.78, 5) is 28.0. The molecule has 2 amide bonds. The van der Waals surface area contributed by atoms with Crippen molar-refractivity contribution in [2.75, 3.05) is 17.1 Å². The van der Waals surface area contributed by atoms with Crippen molar-refractivity contribution in [3.8, 4) is 0 Å². The second-order valence-corrected chi connectivity index (χ2v) is 11.3. The highest BCUT2D eigenvalue weighted by atomic mass is 32.2. The van der Waals surface area contributed by atoms with Gasteiger partial charge in [-0.25, -0.2) is 8.42 Å². The van der Waals surface area contributed by atoms with Crippen LogP contribution in [-0.4, -0.2) is 50.0 Å². The Bertz CT molecular complexity index is 1100. The fourth-order valence-electron chi connectivity index (χ4n) is 4.02. The fourth-order valence-corrected chi connectivity index (χ4v) is 4.99. The summed E-state index contributed by atoms with van der Waals surface area (Å²) in [5.41, 5.74) is 3.64. The molecule has 1 N–H and O–H groups in total. The minimum absolute atomic E-state index is 0.0368. The molecule has 2 aromatic carbocycles. The van der Waals surface area contributed by atoms with E-state index in [1.165, 1.54) is 10.6 Å². The van der Waals surface area contributed by atoms with Gasteiger partial charge < -0.3 is 10.2 Å². The first kappa shape index (κ1) is 28.4. The Labute approximate surface area is 210 Å². The summed E-state index contributed by atoms with van der Waals surface area (Å²) in [6, 6.07) is 14.5. The van der Waals surface area contributed by atoms with Crippen molar-refractivity contribution in [3.05, 3.63) is 65.2 Å². The van der Waals surface area contributed by atoms with Crippen molar-refractivity contribution >= 4 is 27.5 Å². The fraction of sp³-hybridized carbons (Fsp3) is 0.481. The van der Waals surface area contributed by atoms with Crippen LogP contribution >= 0.6 is 0 Å². The van der Waals surface area contributed by atoms with E-state index in [1.807, 2.05) is 71.0 Å². The van der Waals surface area contributed by atoms with Gasteiger partial charge in [-0.05, 0) is 58.2 Å². The quantitative estimate of drug-likeness (QED) is 0.473. The highest BCUT2D eigenvalue weighted by Gasteiger charge is 2.29. The molecule has 0 saturated heterocycles. The van der Waals surface area contributed by atoms with E-state index in [4.69, 9.17) is 0 Å². The molecule has 2 rings (SSSR count). The molecule has 0 heterocycles. The molecule has 8 heteroatoms. The molecule has 0 aliphatic carbocycles. The standard InChI is InChI=1S/C27H39N3O4S/c1-7-25(27(32)28-20(2)3)29(19-23-11-8-10-22(5)18-23)26(31)12-9-17-30(35(6,33)34)24-15-13-21(4)14-16-24/h8,10-11,13-16,18,20,25H,7,9,12,17,19H2,1-6H3,(H,28,32)/t25-/m1/s1. The molecule has 2 aromatic rings. The number of carbonyl (C=O) groups is 2. The van der Waals surface area contributed by atoms with E-state index in [0.717, 1.165) is 16.7 Å². The molecule has 0 fully saturated rings.